The lowest BCUT2D eigenvalue weighted by molar-refractivity contribution is 0.0104. The Labute approximate surface area is 440 Å². The quantitative estimate of drug-likeness (QED) is 0.0535. The van der Waals surface area contributed by atoms with Gasteiger partial charge in [0, 0.05) is 59.1 Å². The lowest BCUT2D eigenvalue weighted by Gasteiger charge is -2.21. The highest BCUT2D eigenvalue weighted by Gasteiger charge is 2.09. The van der Waals surface area contributed by atoms with Crippen molar-refractivity contribution in [1.29, 1.82) is 0 Å². The van der Waals surface area contributed by atoms with Crippen molar-refractivity contribution >= 4 is 17.8 Å². The van der Waals surface area contributed by atoms with Crippen LogP contribution in [0.1, 0.15) is 138 Å². The molecule has 0 bridgehead atoms. The molecule has 72 heavy (non-hydrogen) atoms. The molecule has 1 aromatic rings. The summed E-state index contributed by atoms with van der Waals surface area (Å²) in [5.41, 5.74) is 0. The standard InChI is InChI=1S/C54H111N9O9/c1-7-13-25-61(26-14-8-2)31-37-67-43-49-70-46-40-64-34-19-22-55-52-58-53(56-23-20-35-65-41-47-71-50-44-68-38-32-62(27-15-9-3)28-16-10-4)60-54(59-52)57-24-21-36-66-42-48-72-51-45-69-39-33-63(29-17-11-5)30-18-12-6/h7-51H2,1-6H3,(H3,55,56,57,58,59,60). The molecular weight excluding hydrogens is 919 g/mol. The van der Waals surface area contributed by atoms with Gasteiger partial charge < -0.3 is 73.3 Å². The minimum atomic E-state index is 0.502. The van der Waals surface area contributed by atoms with Crippen molar-refractivity contribution in [2.75, 3.05) is 213 Å². The first-order valence-electron chi connectivity index (χ1n) is 28.9. The van der Waals surface area contributed by atoms with E-state index in [4.69, 9.17) is 42.6 Å². The van der Waals surface area contributed by atoms with Crippen LogP contribution >= 0.6 is 0 Å². The third-order valence-electron chi connectivity index (χ3n) is 11.7. The zero-order valence-electron chi connectivity index (χ0n) is 47.2. The molecule has 0 saturated heterocycles. The first-order valence-corrected chi connectivity index (χ1v) is 28.9. The Morgan fingerprint density at radius 2 is 0.444 bits per heavy atom. The van der Waals surface area contributed by atoms with E-state index in [1.165, 1.54) is 77.0 Å². The summed E-state index contributed by atoms with van der Waals surface area (Å²) < 4.78 is 52.1. The van der Waals surface area contributed by atoms with Crippen LogP contribution in [-0.2, 0) is 42.6 Å². The van der Waals surface area contributed by atoms with Gasteiger partial charge in [-0.1, -0.05) is 80.1 Å². The van der Waals surface area contributed by atoms with Crippen molar-refractivity contribution < 1.29 is 42.6 Å². The van der Waals surface area contributed by atoms with Crippen LogP contribution in [0.5, 0.6) is 0 Å². The zero-order chi connectivity index (χ0) is 51.9. The van der Waals surface area contributed by atoms with Gasteiger partial charge in [-0.2, -0.15) is 15.0 Å². The van der Waals surface area contributed by atoms with Gasteiger partial charge >= 0.3 is 0 Å². The molecule has 0 fully saturated rings. The average Bonchev–Trinajstić information content (AvgIpc) is 3.39. The van der Waals surface area contributed by atoms with E-state index in [1.54, 1.807) is 0 Å². The molecule has 0 aromatic carbocycles. The maximum atomic E-state index is 5.83. The molecule has 18 nitrogen and oxygen atoms in total. The number of aromatic nitrogens is 3. The number of unbranched alkanes of at least 4 members (excludes halogenated alkanes) is 6. The van der Waals surface area contributed by atoms with Crippen molar-refractivity contribution in [2.24, 2.45) is 0 Å². The van der Waals surface area contributed by atoms with Crippen LogP contribution in [0.2, 0.25) is 0 Å². The Balaban J connectivity index is 2.37. The molecule has 18 heteroatoms. The topological polar surface area (TPSA) is 168 Å². The fourth-order valence-corrected chi connectivity index (χ4v) is 7.24. The molecule has 1 heterocycles. The molecule has 1 rings (SSSR count). The van der Waals surface area contributed by atoms with Crippen molar-refractivity contribution in [2.45, 2.75) is 138 Å². The zero-order valence-corrected chi connectivity index (χ0v) is 47.2. The van der Waals surface area contributed by atoms with Crippen LogP contribution in [-0.4, -0.2) is 227 Å². The van der Waals surface area contributed by atoms with Gasteiger partial charge in [0.25, 0.3) is 0 Å². The van der Waals surface area contributed by atoms with Crippen molar-refractivity contribution in [1.82, 2.24) is 29.7 Å². The van der Waals surface area contributed by atoms with E-state index in [0.29, 0.717) is 137 Å². The van der Waals surface area contributed by atoms with E-state index >= 15 is 0 Å². The number of ether oxygens (including phenoxy) is 9. The van der Waals surface area contributed by atoms with E-state index in [1.807, 2.05) is 0 Å². The van der Waals surface area contributed by atoms with E-state index in [9.17, 15) is 0 Å². The minimum Gasteiger partial charge on any atom is -0.379 e. The second kappa shape index (κ2) is 55.2. The van der Waals surface area contributed by atoms with Crippen LogP contribution in [0, 0.1) is 0 Å². The van der Waals surface area contributed by atoms with E-state index in [-0.39, 0.29) is 0 Å². The molecule has 426 valence electrons. The molecular formula is C54H111N9O9. The highest BCUT2D eigenvalue weighted by Crippen LogP contribution is 2.10. The predicted molar refractivity (Wildman–Crippen MR) is 295 cm³/mol. The maximum absolute atomic E-state index is 5.83. The van der Waals surface area contributed by atoms with E-state index < -0.39 is 0 Å². The lowest BCUT2D eigenvalue weighted by Crippen LogP contribution is -2.30. The number of rotatable bonds is 60. The third kappa shape index (κ3) is 45.3. The Bertz CT molecular complexity index is 1060. The number of nitrogens with one attached hydrogen (secondary N) is 3. The van der Waals surface area contributed by atoms with E-state index in [2.05, 4.69) is 87.1 Å². The van der Waals surface area contributed by atoms with Gasteiger partial charge in [-0.3, -0.25) is 0 Å². The highest BCUT2D eigenvalue weighted by molar-refractivity contribution is 5.42. The van der Waals surface area contributed by atoms with Gasteiger partial charge in [0.15, 0.2) is 0 Å². The monoisotopic (exact) mass is 1030 g/mol. The second-order valence-electron chi connectivity index (χ2n) is 18.3. The summed E-state index contributed by atoms with van der Waals surface area (Å²) in [6.45, 7) is 36.2. The van der Waals surface area contributed by atoms with E-state index in [0.717, 1.165) is 98.0 Å². The first kappa shape index (κ1) is 67.9. The van der Waals surface area contributed by atoms with Gasteiger partial charge in [0.1, 0.15) is 0 Å². The molecule has 0 unspecified atom stereocenters. The fourth-order valence-electron chi connectivity index (χ4n) is 7.24. The Morgan fingerprint density at radius 3 is 0.653 bits per heavy atom. The number of hydrogen-bond donors (Lipinski definition) is 3. The largest absolute Gasteiger partial charge is 0.379 e. The molecule has 1 aromatic heterocycles. The van der Waals surface area contributed by atoms with Crippen LogP contribution in [0.25, 0.3) is 0 Å². The van der Waals surface area contributed by atoms with Gasteiger partial charge in [0.2, 0.25) is 17.8 Å². The average molecular weight is 1030 g/mol. The molecule has 0 aliphatic carbocycles. The Kier molecular flexibility index (Phi) is 52.1. The molecule has 0 amide bonds. The van der Waals surface area contributed by atoms with Gasteiger partial charge in [-0.15, -0.1) is 0 Å². The SMILES string of the molecule is CCCCN(CCCC)CCOCCOCCOCCCNc1nc(NCCCOCCOCCOCCN(CCCC)CCCC)nc(NCCCOCCOCCOCCN(CCCC)CCCC)n1. The molecule has 0 aliphatic rings. The maximum Gasteiger partial charge on any atom is 0.229 e. The normalized spacial score (nSPS) is 11.8. The van der Waals surface area contributed by atoms with Crippen LogP contribution in [0.4, 0.5) is 17.8 Å². The molecule has 0 spiro atoms. The second-order valence-corrected chi connectivity index (χ2v) is 18.3. The summed E-state index contributed by atoms with van der Waals surface area (Å²) in [6, 6.07) is 0. The summed E-state index contributed by atoms with van der Waals surface area (Å²) in [4.78, 5) is 21.5. The van der Waals surface area contributed by atoms with Gasteiger partial charge in [0.05, 0.1) is 99.1 Å². The molecule has 3 N–H and O–H groups in total. The number of nitrogens with zero attached hydrogens (tertiary/aromatic N) is 6. The van der Waals surface area contributed by atoms with Crippen LogP contribution in [0.15, 0.2) is 0 Å². The smallest absolute Gasteiger partial charge is 0.229 e. The van der Waals surface area contributed by atoms with Crippen LogP contribution in [0.3, 0.4) is 0 Å². The summed E-state index contributed by atoms with van der Waals surface area (Å²) in [5, 5.41) is 10.0. The minimum absolute atomic E-state index is 0.502. The van der Waals surface area contributed by atoms with Crippen molar-refractivity contribution in [3.05, 3.63) is 0 Å². The summed E-state index contributed by atoms with van der Waals surface area (Å²) in [7, 11) is 0. The third-order valence-corrected chi connectivity index (χ3v) is 11.7. The first-order chi connectivity index (χ1) is 35.6. The molecule has 0 atom stereocenters. The summed E-state index contributed by atoms with van der Waals surface area (Å²) in [5.74, 6) is 1.51. The highest BCUT2D eigenvalue weighted by atomic mass is 16.6. The Hall–Kier alpha value is -2.07. The molecule has 0 saturated carbocycles. The van der Waals surface area contributed by atoms with Gasteiger partial charge in [-0.05, 0) is 97.1 Å². The summed E-state index contributed by atoms with van der Waals surface area (Å²) in [6.07, 6.45) is 17.2. The number of anilines is 3. The van der Waals surface area contributed by atoms with Crippen molar-refractivity contribution in [3.63, 3.8) is 0 Å². The molecule has 0 radical (unpaired) electrons. The number of hydrogen-bond acceptors (Lipinski definition) is 18. The Morgan fingerprint density at radius 1 is 0.250 bits per heavy atom. The predicted octanol–water partition coefficient (Wildman–Crippen LogP) is 8.13. The summed E-state index contributed by atoms with van der Waals surface area (Å²) >= 11 is 0. The fraction of sp³-hybridized carbons (Fsp3) is 0.944. The van der Waals surface area contributed by atoms with Crippen LogP contribution < -0.4 is 16.0 Å². The molecule has 0 aliphatic heterocycles. The van der Waals surface area contributed by atoms with Gasteiger partial charge in [-0.25, -0.2) is 0 Å². The lowest BCUT2D eigenvalue weighted by atomic mass is 10.2. The van der Waals surface area contributed by atoms with Crippen molar-refractivity contribution in [3.8, 4) is 0 Å².